The Hall–Kier alpha value is -0.580. The van der Waals surface area contributed by atoms with Crippen molar-refractivity contribution in [2.24, 2.45) is 0 Å². The Kier molecular flexibility index (Phi) is 6.83. The first-order valence-electron chi connectivity index (χ1n) is 6.39. The molecule has 1 atom stereocenters. The third-order valence-corrected chi connectivity index (χ3v) is 3.85. The maximum atomic E-state index is 12.2. The number of nitrogens with one attached hydrogen (secondary N) is 1. The average Bonchev–Trinajstić information content (AvgIpc) is 2.41. The van der Waals surface area contributed by atoms with Gasteiger partial charge in [-0.2, -0.15) is 0 Å². The van der Waals surface area contributed by atoms with Crippen LogP contribution < -0.4 is 5.32 Å². The smallest absolute Gasteiger partial charge is 0.239 e. The number of hydrogen-bond acceptors (Lipinski definition) is 2. The molecule has 1 aliphatic rings. The molecule has 0 spiro atoms. The average molecular weight is 348 g/mol. The zero-order valence-corrected chi connectivity index (χ0v) is 13.5. The van der Waals surface area contributed by atoms with E-state index in [4.69, 9.17) is 0 Å². The zero-order valence-electron chi connectivity index (χ0n) is 11.1. The summed E-state index contributed by atoms with van der Waals surface area (Å²) in [5, 5.41) is 3.30. The molecule has 19 heavy (non-hydrogen) atoms. The van der Waals surface area contributed by atoms with E-state index in [9.17, 15) is 4.79 Å². The van der Waals surface area contributed by atoms with Gasteiger partial charge in [-0.3, -0.25) is 4.79 Å². The number of hydrogen-bond donors (Lipinski definition) is 1. The van der Waals surface area contributed by atoms with Gasteiger partial charge in [0, 0.05) is 18.1 Å². The van der Waals surface area contributed by atoms with Crippen molar-refractivity contribution >= 4 is 34.2 Å². The molecule has 2 rings (SSSR count). The Balaban J connectivity index is 0.00000180. The Bertz CT molecular complexity index is 404. The van der Waals surface area contributed by atoms with Crippen molar-refractivity contribution in [3.8, 4) is 0 Å². The molecule has 0 aliphatic carbocycles. The van der Waals surface area contributed by atoms with E-state index in [1.807, 2.05) is 36.2 Å². The first-order valence-corrected chi connectivity index (χ1v) is 7.19. The fourth-order valence-electron chi connectivity index (χ4n) is 2.27. The normalized spacial score (nSPS) is 18.5. The number of nitrogens with zero attached hydrogens (tertiary/aromatic N) is 1. The van der Waals surface area contributed by atoms with Gasteiger partial charge in [0.25, 0.3) is 0 Å². The van der Waals surface area contributed by atoms with Crippen LogP contribution in [0.15, 0.2) is 28.7 Å². The molecule has 1 heterocycles. The molecule has 1 aliphatic heterocycles. The number of piperidine rings is 1. The number of rotatable bonds is 3. The number of carbonyl (C=O) groups is 1. The molecule has 106 valence electrons. The van der Waals surface area contributed by atoms with Gasteiger partial charge in [-0.1, -0.05) is 34.5 Å². The van der Waals surface area contributed by atoms with Gasteiger partial charge in [-0.05, 0) is 37.1 Å². The number of amides is 1. The van der Waals surface area contributed by atoms with Gasteiger partial charge in [0.2, 0.25) is 5.91 Å². The van der Waals surface area contributed by atoms with E-state index in [1.54, 1.807) is 0 Å². The molecule has 1 aromatic rings. The van der Waals surface area contributed by atoms with Crippen LogP contribution in [0.3, 0.4) is 0 Å². The van der Waals surface area contributed by atoms with Crippen LogP contribution in [0.5, 0.6) is 0 Å². The fraction of sp³-hybridized carbons (Fsp3) is 0.500. The second kappa shape index (κ2) is 7.88. The summed E-state index contributed by atoms with van der Waals surface area (Å²) in [4.78, 5) is 14.0. The van der Waals surface area contributed by atoms with Gasteiger partial charge in [0.1, 0.15) is 0 Å². The summed E-state index contributed by atoms with van der Waals surface area (Å²) in [5.41, 5.74) is 1.16. The fourth-order valence-corrected chi connectivity index (χ4v) is 2.53. The van der Waals surface area contributed by atoms with Gasteiger partial charge in [0.15, 0.2) is 0 Å². The molecular formula is C14H20BrClN2O. The Labute approximate surface area is 129 Å². The minimum atomic E-state index is 0. The maximum absolute atomic E-state index is 12.2. The molecule has 0 unspecified atom stereocenters. The topological polar surface area (TPSA) is 32.3 Å². The predicted octanol–water partition coefficient (Wildman–Crippen LogP) is 2.97. The van der Waals surface area contributed by atoms with Gasteiger partial charge in [0.05, 0.1) is 6.04 Å². The minimum Gasteiger partial charge on any atom is -0.340 e. The molecule has 0 radical (unpaired) electrons. The lowest BCUT2D eigenvalue weighted by molar-refractivity contribution is -0.133. The molecule has 0 saturated carbocycles. The Morgan fingerprint density at radius 1 is 1.37 bits per heavy atom. The molecule has 1 aromatic carbocycles. The van der Waals surface area contributed by atoms with Crippen LogP contribution in [-0.2, 0) is 11.3 Å². The highest BCUT2D eigenvalue weighted by Gasteiger charge is 2.23. The van der Waals surface area contributed by atoms with Crippen LogP contribution in [0.2, 0.25) is 0 Å². The number of benzene rings is 1. The Morgan fingerprint density at radius 2 is 2.05 bits per heavy atom. The monoisotopic (exact) mass is 346 g/mol. The summed E-state index contributed by atoms with van der Waals surface area (Å²) in [6.45, 7) is 1.63. The maximum Gasteiger partial charge on any atom is 0.239 e. The van der Waals surface area contributed by atoms with Gasteiger partial charge < -0.3 is 10.2 Å². The van der Waals surface area contributed by atoms with Crippen LogP contribution in [0.25, 0.3) is 0 Å². The molecule has 0 bridgehead atoms. The van der Waals surface area contributed by atoms with Gasteiger partial charge in [-0.15, -0.1) is 12.4 Å². The van der Waals surface area contributed by atoms with Gasteiger partial charge in [-0.25, -0.2) is 0 Å². The number of carbonyl (C=O) groups excluding carboxylic acids is 1. The number of halogens is 2. The summed E-state index contributed by atoms with van der Waals surface area (Å²) in [7, 11) is 1.88. The van der Waals surface area contributed by atoms with Crippen molar-refractivity contribution in [3.63, 3.8) is 0 Å². The third kappa shape index (κ3) is 4.79. The quantitative estimate of drug-likeness (QED) is 0.911. The van der Waals surface area contributed by atoms with Crippen LogP contribution in [0.1, 0.15) is 24.8 Å². The molecule has 3 nitrogen and oxygen atoms in total. The summed E-state index contributed by atoms with van der Waals surface area (Å²) < 4.78 is 1.06. The highest BCUT2D eigenvalue weighted by molar-refractivity contribution is 9.10. The summed E-state index contributed by atoms with van der Waals surface area (Å²) >= 11 is 3.41. The predicted molar refractivity (Wildman–Crippen MR) is 83.5 cm³/mol. The van der Waals surface area contributed by atoms with Crippen molar-refractivity contribution < 1.29 is 4.79 Å². The van der Waals surface area contributed by atoms with E-state index in [1.165, 1.54) is 6.42 Å². The summed E-state index contributed by atoms with van der Waals surface area (Å²) in [5.74, 6) is 0.206. The van der Waals surface area contributed by atoms with Crippen molar-refractivity contribution in [1.82, 2.24) is 10.2 Å². The van der Waals surface area contributed by atoms with E-state index in [0.717, 1.165) is 29.4 Å². The van der Waals surface area contributed by atoms with Crippen molar-refractivity contribution in [2.45, 2.75) is 31.8 Å². The minimum absolute atomic E-state index is 0. The largest absolute Gasteiger partial charge is 0.340 e. The molecule has 1 amide bonds. The second-order valence-electron chi connectivity index (χ2n) is 4.82. The second-order valence-corrected chi connectivity index (χ2v) is 5.74. The van der Waals surface area contributed by atoms with E-state index < -0.39 is 0 Å². The first kappa shape index (κ1) is 16.5. The van der Waals surface area contributed by atoms with E-state index in [-0.39, 0.29) is 24.4 Å². The highest BCUT2D eigenvalue weighted by atomic mass is 79.9. The lowest BCUT2D eigenvalue weighted by Crippen LogP contribution is -2.46. The third-order valence-electron chi connectivity index (χ3n) is 3.32. The molecule has 1 N–H and O–H groups in total. The lowest BCUT2D eigenvalue weighted by atomic mass is 10.0. The molecule has 0 aromatic heterocycles. The van der Waals surface area contributed by atoms with Crippen molar-refractivity contribution in [3.05, 3.63) is 34.3 Å². The number of likely N-dealkylation sites (N-methyl/N-ethyl adjacent to an activating group) is 1. The van der Waals surface area contributed by atoms with Crippen LogP contribution in [0.4, 0.5) is 0 Å². The van der Waals surface area contributed by atoms with Crippen LogP contribution in [-0.4, -0.2) is 30.4 Å². The van der Waals surface area contributed by atoms with Crippen LogP contribution >= 0.6 is 28.3 Å². The van der Waals surface area contributed by atoms with E-state index >= 15 is 0 Å². The molecule has 1 fully saturated rings. The standard InChI is InChI=1S/C14H19BrN2O.ClH/c1-17(10-11-5-7-12(15)8-6-11)14(18)13-4-2-3-9-16-13;/h5-8,13,16H,2-4,9-10H2,1H3;1H/t13-;/m0./s1. The van der Waals surface area contributed by atoms with Crippen LogP contribution in [0, 0.1) is 0 Å². The van der Waals surface area contributed by atoms with E-state index in [0.29, 0.717) is 6.54 Å². The molecule has 5 heteroatoms. The van der Waals surface area contributed by atoms with Crippen molar-refractivity contribution in [1.29, 1.82) is 0 Å². The molecular weight excluding hydrogens is 328 g/mol. The summed E-state index contributed by atoms with van der Waals surface area (Å²) in [6.07, 6.45) is 3.29. The Morgan fingerprint density at radius 3 is 2.63 bits per heavy atom. The highest BCUT2D eigenvalue weighted by Crippen LogP contribution is 2.14. The SMILES string of the molecule is CN(Cc1ccc(Br)cc1)C(=O)[C@@H]1CCCCN1.Cl. The van der Waals surface area contributed by atoms with Gasteiger partial charge >= 0.3 is 0 Å². The van der Waals surface area contributed by atoms with E-state index in [2.05, 4.69) is 21.2 Å². The van der Waals surface area contributed by atoms with Crippen molar-refractivity contribution in [2.75, 3.05) is 13.6 Å². The summed E-state index contributed by atoms with van der Waals surface area (Å²) in [6, 6.07) is 8.11. The lowest BCUT2D eigenvalue weighted by Gasteiger charge is -2.27. The first-order chi connectivity index (χ1) is 8.66. The molecule has 1 saturated heterocycles. The zero-order chi connectivity index (χ0) is 13.0.